The topological polar surface area (TPSA) is 38.5 Å². The molecule has 20 heavy (non-hydrogen) atoms. The third kappa shape index (κ3) is 4.88. The Hall–Kier alpha value is -1.50. The molecule has 0 aliphatic carbocycles. The van der Waals surface area contributed by atoms with Crippen LogP contribution in [0.1, 0.15) is 37.8 Å². The van der Waals surface area contributed by atoms with Crippen LogP contribution in [-0.4, -0.2) is 31.6 Å². The highest BCUT2D eigenvalue weighted by molar-refractivity contribution is 5.48. The van der Waals surface area contributed by atoms with Gasteiger partial charge in [-0.25, -0.2) is 0 Å². The van der Waals surface area contributed by atoms with Gasteiger partial charge in [0.1, 0.15) is 5.75 Å². The van der Waals surface area contributed by atoms with Crippen LogP contribution in [0.15, 0.2) is 18.2 Å². The summed E-state index contributed by atoms with van der Waals surface area (Å²) in [5, 5.41) is 0. The van der Waals surface area contributed by atoms with Crippen molar-refractivity contribution in [1.29, 1.82) is 0 Å². The van der Waals surface area contributed by atoms with Gasteiger partial charge in [0.05, 0.1) is 19.2 Å². The van der Waals surface area contributed by atoms with E-state index in [1.54, 1.807) is 7.11 Å². The Morgan fingerprint density at radius 2 is 2.15 bits per heavy atom. The molecule has 0 aromatic heterocycles. The fourth-order valence-corrected chi connectivity index (χ4v) is 2.18. The number of nitrogens with two attached hydrogens (primary N) is 1. The van der Waals surface area contributed by atoms with Crippen molar-refractivity contribution in [1.82, 2.24) is 4.90 Å². The minimum atomic E-state index is 0.362. The number of ether oxygens (including phenoxy) is 1. The lowest BCUT2D eigenvalue weighted by atomic mass is 10.1. The number of nitrogens with zero attached hydrogens (tertiary/aromatic N) is 1. The van der Waals surface area contributed by atoms with Crippen molar-refractivity contribution >= 4 is 0 Å². The van der Waals surface area contributed by atoms with E-state index in [0.717, 1.165) is 17.9 Å². The summed E-state index contributed by atoms with van der Waals surface area (Å²) in [6.07, 6.45) is 2.42. The molecule has 0 saturated heterocycles. The molecule has 0 spiro atoms. The quantitative estimate of drug-likeness (QED) is 0.810. The van der Waals surface area contributed by atoms with Gasteiger partial charge >= 0.3 is 0 Å². The molecule has 1 atom stereocenters. The zero-order valence-corrected chi connectivity index (χ0v) is 13.1. The van der Waals surface area contributed by atoms with Crippen LogP contribution in [0.3, 0.4) is 0 Å². The monoisotopic (exact) mass is 274 g/mol. The molecule has 2 N–H and O–H groups in total. The molecule has 1 aromatic carbocycles. The first-order valence-corrected chi connectivity index (χ1v) is 7.18. The maximum absolute atomic E-state index is 5.44. The number of hydrogen-bond acceptors (Lipinski definition) is 3. The van der Waals surface area contributed by atoms with E-state index in [4.69, 9.17) is 10.5 Å². The minimum Gasteiger partial charge on any atom is -0.495 e. The van der Waals surface area contributed by atoms with Crippen LogP contribution in [0.2, 0.25) is 0 Å². The van der Waals surface area contributed by atoms with E-state index in [1.807, 2.05) is 6.07 Å². The second kappa shape index (κ2) is 8.63. The van der Waals surface area contributed by atoms with Crippen LogP contribution in [0.4, 0.5) is 0 Å². The first-order chi connectivity index (χ1) is 9.62. The van der Waals surface area contributed by atoms with Crippen molar-refractivity contribution in [3.63, 3.8) is 0 Å². The van der Waals surface area contributed by atoms with Gasteiger partial charge in [-0.3, -0.25) is 4.90 Å². The number of rotatable bonds is 6. The molecule has 3 heteroatoms. The summed E-state index contributed by atoms with van der Waals surface area (Å²) in [7, 11) is 3.83. The molecule has 0 radical (unpaired) electrons. The smallest absolute Gasteiger partial charge is 0.134 e. The average molecular weight is 274 g/mol. The van der Waals surface area contributed by atoms with E-state index in [1.165, 1.54) is 18.4 Å². The van der Waals surface area contributed by atoms with Gasteiger partial charge < -0.3 is 10.5 Å². The normalized spacial score (nSPS) is 11.9. The molecule has 0 heterocycles. The molecule has 1 rings (SSSR count). The Kier molecular flexibility index (Phi) is 7.14. The van der Waals surface area contributed by atoms with Crippen LogP contribution in [0, 0.1) is 11.8 Å². The fourth-order valence-electron chi connectivity index (χ4n) is 2.18. The van der Waals surface area contributed by atoms with Gasteiger partial charge in [0.25, 0.3) is 0 Å². The number of benzene rings is 1. The largest absolute Gasteiger partial charge is 0.495 e. The second-order valence-corrected chi connectivity index (χ2v) is 5.09. The molecule has 0 aliphatic heterocycles. The van der Waals surface area contributed by atoms with E-state index in [-0.39, 0.29) is 0 Å². The molecule has 1 aromatic rings. The highest BCUT2D eigenvalue weighted by Gasteiger charge is 2.10. The maximum Gasteiger partial charge on any atom is 0.134 e. The van der Waals surface area contributed by atoms with E-state index >= 15 is 0 Å². The molecule has 0 saturated carbocycles. The van der Waals surface area contributed by atoms with Gasteiger partial charge in [0.15, 0.2) is 0 Å². The first kappa shape index (κ1) is 16.6. The van der Waals surface area contributed by atoms with E-state index in [2.05, 4.69) is 49.8 Å². The number of hydrogen-bond donors (Lipinski definition) is 1. The van der Waals surface area contributed by atoms with Crippen LogP contribution < -0.4 is 10.5 Å². The van der Waals surface area contributed by atoms with Crippen molar-refractivity contribution in [3.8, 4) is 17.6 Å². The molecule has 0 bridgehead atoms. The number of methoxy groups -OCH3 is 1. The molecule has 3 nitrogen and oxygen atoms in total. The summed E-state index contributed by atoms with van der Waals surface area (Å²) in [6.45, 7) is 5.77. The molecular weight excluding hydrogens is 248 g/mol. The molecule has 0 fully saturated rings. The summed E-state index contributed by atoms with van der Waals surface area (Å²) < 4.78 is 5.33. The van der Waals surface area contributed by atoms with Gasteiger partial charge in [-0.05, 0) is 38.1 Å². The zero-order chi connectivity index (χ0) is 15.0. The van der Waals surface area contributed by atoms with E-state index in [0.29, 0.717) is 12.6 Å². The Morgan fingerprint density at radius 3 is 2.75 bits per heavy atom. The molecule has 0 aliphatic rings. The van der Waals surface area contributed by atoms with Crippen LogP contribution >= 0.6 is 0 Å². The van der Waals surface area contributed by atoms with Crippen molar-refractivity contribution in [3.05, 3.63) is 29.3 Å². The lowest BCUT2D eigenvalue weighted by Crippen LogP contribution is -2.28. The van der Waals surface area contributed by atoms with Crippen LogP contribution in [-0.2, 0) is 6.54 Å². The maximum atomic E-state index is 5.44. The highest BCUT2D eigenvalue weighted by Crippen LogP contribution is 2.20. The summed E-state index contributed by atoms with van der Waals surface area (Å²) in [6, 6.07) is 6.76. The summed E-state index contributed by atoms with van der Waals surface area (Å²) in [5.41, 5.74) is 7.59. The van der Waals surface area contributed by atoms with Gasteiger partial charge in [-0.2, -0.15) is 0 Å². The SMILES string of the molecule is CCCC(C)N(C)Cc1ccc(OC)c(C#CCN)c1. The Morgan fingerprint density at radius 1 is 1.40 bits per heavy atom. The first-order valence-electron chi connectivity index (χ1n) is 7.18. The standard InChI is InChI=1S/C17H26N2O/c1-5-7-14(2)19(3)13-15-9-10-17(20-4)16(12-15)8-6-11-18/h9-10,12,14H,5,7,11,13,18H2,1-4H3. The van der Waals surface area contributed by atoms with E-state index < -0.39 is 0 Å². The predicted molar refractivity (Wildman–Crippen MR) is 84.8 cm³/mol. The molecular formula is C17H26N2O. The van der Waals surface area contributed by atoms with Gasteiger partial charge in [-0.15, -0.1) is 0 Å². The Bertz CT molecular complexity index is 474. The third-order valence-corrected chi connectivity index (χ3v) is 3.48. The fraction of sp³-hybridized carbons (Fsp3) is 0.529. The lowest BCUT2D eigenvalue weighted by molar-refractivity contribution is 0.237. The van der Waals surface area contributed by atoms with Crippen molar-refractivity contribution in [2.75, 3.05) is 20.7 Å². The van der Waals surface area contributed by atoms with E-state index in [9.17, 15) is 0 Å². The van der Waals surface area contributed by atoms with Crippen molar-refractivity contribution < 1.29 is 4.74 Å². The van der Waals surface area contributed by atoms with Gasteiger partial charge in [0, 0.05) is 12.6 Å². The molecule has 1 unspecified atom stereocenters. The summed E-state index contributed by atoms with van der Waals surface area (Å²) in [4.78, 5) is 2.37. The Balaban J connectivity index is 2.86. The molecule has 110 valence electrons. The second-order valence-electron chi connectivity index (χ2n) is 5.09. The minimum absolute atomic E-state index is 0.362. The van der Waals surface area contributed by atoms with Crippen molar-refractivity contribution in [2.24, 2.45) is 5.73 Å². The van der Waals surface area contributed by atoms with Crippen LogP contribution in [0.5, 0.6) is 5.75 Å². The van der Waals surface area contributed by atoms with Crippen molar-refractivity contribution in [2.45, 2.75) is 39.3 Å². The molecule has 0 amide bonds. The summed E-state index contributed by atoms with van der Waals surface area (Å²) >= 11 is 0. The average Bonchev–Trinajstić information content (AvgIpc) is 2.45. The lowest BCUT2D eigenvalue weighted by Gasteiger charge is -2.24. The van der Waals surface area contributed by atoms with Gasteiger partial charge in [0.2, 0.25) is 0 Å². The summed E-state index contributed by atoms with van der Waals surface area (Å²) in [5.74, 6) is 6.76. The zero-order valence-electron chi connectivity index (χ0n) is 13.1. The van der Waals surface area contributed by atoms with Crippen LogP contribution in [0.25, 0.3) is 0 Å². The highest BCUT2D eigenvalue weighted by atomic mass is 16.5. The van der Waals surface area contributed by atoms with Gasteiger partial charge in [-0.1, -0.05) is 31.3 Å². The predicted octanol–water partition coefficient (Wildman–Crippen LogP) is 2.63. The Labute approximate surface area is 123 Å². The third-order valence-electron chi connectivity index (χ3n) is 3.48.